The van der Waals surface area contributed by atoms with E-state index in [1.165, 1.54) is 5.57 Å². The molecule has 0 spiro atoms. The largest absolute Gasteiger partial charge is 0.316 e. The molecule has 1 aromatic heterocycles. The van der Waals surface area contributed by atoms with E-state index in [0.29, 0.717) is 0 Å². The minimum atomic E-state index is 0.893. The number of rotatable bonds is 3. The van der Waals surface area contributed by atoms with Gasteiger partial charge in [-0.25, -0.2) is 9.97 Å². The summed E-state index contributed by atoms with van der Waals surface area (Å²) in [5.41, 5.74) is 2.22. The minimum absolute atomic E-state index is 0.893. The molecular weight excluding hydrogens is 150 g/mol. The van der Waals surface area contributed by atoms with Crippen LogP contribution in [0.25, 0.3) is 6.08 Å². The van der Waals surface area contributed by atoms with Crippen molar-refractivity contribution in [3.05, 3.63) is 29.9 Å². The molecule has 0 atom stereocenters. The summed E-state index contributed by atoms with van der Waals surface area (Å²) in [6, 6.07) is 1.89. The van der Waals surface area contributed by atoms with Gasteiger partial charge in [0.25, 0.3) is 0 Å². The highest BCUT2D eigenvalue weighted by Gasteiger charge is 1.89. The van der Waals surface area contributed by atoms with Gasteiger partial charge in [0, 0.05) is 12.7 Å². The second kappa shape index (κ2) is 4.62. The third-order valence-electron chi connectivity index (χ3n) is 1.45. The standard InChI is InChI=1S/C9H13N3/c1-8(6-10-2)5-9-3-4-11-7-12-9/h3-5,7,10H,6H2,1-2H3. The van der Waals surface area contributed by atoms with E-state index in [1.54, 1.807) is 12.5 Å². The molecule has 3 nitrogen and oxygen atoms in total. The SMILES string of the molecule is CNCC(C)=Cc1ccncn1. The molecule has 0 saturated heterocycles. The van der Waals surface area contributed by atoms with Crippen LogP contribution in [0, 0.1) is 0 Å². The smallest absolute Gasteiger partial charge is 0.115 e. The van der Waals surface area contributed by atoms with Crippen LogP contribution in [-0.4, -0.2) is 23.6 Å². The summed E-state index contributed by atoms with van der Waals surface area (Å²) in [5.74, 6) is 0. The molecule has 1 heterocycles. The van der Waals surface area contributed by atoms with Crippen molar-refractivity contribution < 1.29 is 0 Å². The second-order valence-corrected chi connectivity index (χ2v) is 2.66. The molecule has 0 aromatic carbocycles. The first kappa shape index (κ1) is 8.87. The average molecular weight is 163 g/mol. The lowest BCUT2D eigenvalue weighted by Crippen LogP contribution is -2.08. The molecule has 1 aromatic rings. The van der Waals surface area contributed by atoms with Crippen LogP contribution < -0.4 is 5.32 Å². The second-order valence-electron chi connectivity index (χ2n) is 2.66. The maximum atomic E-state index is 4.09. The number of likely N-dealkylation sites (N-methyl/N-ethyl adjacent to an activating group) is 1. The molecule has 0 saturated carbocycles. The van der Waals surface area contributed by atoms with Crippen LogP contribution in [0.5, 0.6) is 0 Å². The summed E-state index contributed by atoms with van der Waals surface area (Å²) in [6.07, 6.45) is 5.34. The van der Waals surface area contributed by atoms with Crippen LogP contribution in [-0.2, 0) is 0 Å². The Morgan fingerprint density at radius 2 is 2.50 bits per heavy atom. The molecule has 0 unspecified atom stereocenters. The Morgan fingerprint density at radius 3 is 3.08 bits per heavy atom. The van der Waals surface area contributed by atoms with Gasteiger partial charge >= 0.3 is 0 Å². The summed E-state index contributed by atoms with van der Waals surface area (Å²) >= 11 is 0. The van der Waals surface area contributed by atoms with E-state index in [0.717, 1.165) is 12.2 Å². The van der Waals surface area contributed by atoms with Crippen molar-refractivity contribution in [3.8, 4) is 0 Å². The van der Waals surface area contributed by atoms with Gasteiger partial charge in [-0.15, -0.1) is 0 Å². The predicted molar refractivity (Wildman–Crippen MR) is 49.6 cm³/mol. The molecule has 0 aliphatic heterocycles. The van der Waals surface area contributed by atoms with E-state index in [9.17, 15) is 0 Å². The van der Waals surface area contributed by atoms with E-state index in [-0.39, 0.29) is 0 Å². The Labute approximate surface area is 72.6 Å². The molecule has 0 amide bonds. The van der Waals surface area contributed by atoms with Gasteiger partial charge < -0.3 is 5.32 Å². The monoisotopic (exact) mass is 163 g/mol. The molecule has 1 rings (SSSR count). The maximum Gasteiger partial charge on any atom is 0.115 e. The Morgan fingerprint density at radius 1 is 1.67 bits per heavy atom. The molecule has 12 heavy (non-hydrogen) atoms. The Kier molecular flexibility index (Phi) is 3.41. The highest BCUT2D eigenvalue weighted by Crippen LogP contribution is 2.00. The summed E-state index contributed by atoms with van der Waals surface area (Å²) in [4.78, 5) is 7.93. The van der Waals surface area contributed by atoms with E-state index < -0.39 is 0 Å². The lowest BCUT2D eigenvalue weighted by Gasteiger charge is -1.98. The highest BCUT2D eigenvalue weighted by molar-refractivity contribution is 5.47. The molecule has 64 valence electrons. The fraction of sp³-hybridized carbons (Fsp3) is 0.333. The summed E-state index contributed by atoms with van der Waals surface area (Å²) in [5, 5.41) is 3.08. The molecule has 0 bridgehead atoms. The van der Waals surface area contributed by atoms with Gasteiger partial charge in [-0.1, -0.05) is 5.57 Å². The number of hydrogen-bond acceptors (Lipinski definition) is 3. The van der Waals surface area contributed by atoms with Crippen molar-refractivity contribution in [3.63, 3.8) is 0 Å². The molecule has 3 heteroatoms. The van der Waals surface area contributed by atoms with Crippen LogP contribution in [0.1, 0.15) is 12.6 Å². The first-order chi connectivity index (χ1) is 5.83. The molecule has 0 aliphatic carbocycles. The molecule has 0 fully saturated rings. The van der Waals surface area contributed by atoms with Crippen LogP contribution in [0.4, 0.5) is 0 Å². The van der Waals surface area contributed by atoms with Crippen molar-refractivity contribution in [2.75, 3.05) is 13.6 Å². The van der Waals surface area contributed by atoms with Gasteiger partial charge in [-0.2, -0.15) is 0 Å². The fourth-order valence-corrected chi connectivity index (χ4v) is 0.969. The Hall–Kier alpha value is -1.22. The topological polar surface area (TPSA) is 37.8 Å². The normalized spacial score (nSPS) is 11.7. The van der Waals surface area contributed by atoms with Crippen molar-refractivity contribution in [2.45, 2.75) is 6.92 Å². The fourth-order valence-electron chi connectivity index (χ4n) is 0.969. The van der Waals surface area contributed by atoms with Crippen molar-refractivity contribution >= 4 is 6.08 Å². The molecule has 0 radical (unpaired) electrons. The van der Waals surface area contributed by atoms with Crippen LogP contribution in [0.15, 0.2) is 24.2 Å². The van der Waals surface area contributed by atoms with Crippen LogP contribution >= 0.6 is 0 Å². The van der Waals surface area contributed by atoms with Crippen molar-refractivity contribution in [1.29, 1.82) is 0 Å². The highest BCUT2D eigenvalue weighted by atomic mass is 14.8. The van der Waals surface area contributed by atoms with Crippen molar-refractivity contribution in [1.82, 2.24) is 15.3 Å². The molecule has 1 N–H and O–H groups in total. The zero-order valence-corrected chi connectivity index (χ0v) is 7.41. The van der Waals surface area contributed by atoms with Gasteiger partial charge in [0.15, 0.2) is 0 Å². The zero-order chi connectivity index (χ0) is 8.81. The predicted octanol–water partition coefficient (Wildman–Crippen LogP) is 1.10. The quantitative estimate of drug-likeness (QED) is 0.725. The lowest BCUT2D eigenvalue weighted by atomic mass is 10.2. The van der Waals surface area contributed by atoms with E-state index in [4.69, 9.17) is 0 Å². The van der Waals surface area contributed by atoms with Gasteiger partial charge in [0.1, 0.15) is 6.33 Å². The summed E-state index contributed by atoms with van der Waals surface area (Å²) < 4.78 is 0. The number of nitrogens with one attached hydrogen (secondary N) is 1. The van der Waals surface area contributed by atoms with Gasteiger partial charge in [0.2, 0.25) is 0 Å². The van der Waals surface area contributed by atoms with Gasteiger partial charge in [0.05, 0.1) is 5.69 Å². The lowest BCUT2D eigenvalue weighted by molar-refractivity contribution is 0.884. The minimum Gasteiger partial charge on any atom is -0.316 e. The Bertz CT molecular complexity index is 254. The van der Waals surface area contributed by atoms with E-state index >= 15 is 0 Å². The van der Waals surface area contributed by atoms with Gasteiger partial charge in [-0.05, 0) is 26.1 Å². The Balaban J connectivity index is 2.67. The van der Waals surface area contributed by atoms with Crippen LogP contribution in [0.2, 0.25) is 0 Å². The molecule has 0 aliphatic rings. The zero-order valence-electron chi connectivity index (χ0n) is 7.41. The summed E-state index contributed by atoms with van der Waals surface area (Å²) in [7, 11) is 1.93. The average Bonchev–Trinajstić information content (AvgIpc) is 2.06. The molecular formula is C9H13N3. The number of hydrogen-bond donors (Lipinski definition) is 1. The number of aromatic nitrogens is 2. The van der Waals surface area contributed by atoms with Crippen molar-refractivity contribution in [2.24, 2.45) is 0 Å². The summed E-state index contributed by atoms with van der Waals surface area (Å²) in [6.45, 7) is 2.96. The van der Waals surface area contributed by atoms with E-state index in [1.807, 2.05) is 19.2 Å². The third-order valence-corrected chi connectivity index (χ3v) is 1.45. The van der Waals surface area contributed by atoms with Crippen LogP contribution in [0.3, 0.4) is 0 Å². The van der Waals surface area contributed by atoms with Gasteiger partial charge in [-0.3, -0.25) is 0 Å². The number of nitrogens with zero attached hydrogens (tertiary/aromatic N) is 2. The first-order valence-corrected chi connectivity index (χ1v) is 3.90. The first-order valence-electron chi connectivity index (χ1n) is 3.90. The third kappa shape index (κ3) is 2.80. The van der Waals surface area contributed by atoms with E-state index in [2.05, 4.69) is 22.2 Å². The maximum absolute atomic E-state index is 4.09.